The number of hydrogen-bond acceptors (Lipinski definition) is 5. The molecule has 0 aromatic heterocycles. The molecule has 0 aliphatic carbocycles. The van der Waals surface area contributed by atoms with E-state index in [1.54, 1.807) is 18.2 Å². The molecule has 1 N–H and O–H groups in total. The number of allylic oxidation sites excluding steroid dienone is 8. The number of carbonyl (C=O) groups excluding carboxylic acids is 2. The summed E-state index contributed by atoms with van der Waals surface area (Å²) in [5, 5.41) is 20.1. The molecule has 2 aliphatic rings. The molecule has 158 valence electrons. The Balaban J connectivity index is 2.46. The number of carbonyl (C=O) groups is 2. The second kappa shape index (κ2) is 8.56. The highest BCUT2D eigenvalue weighted by Crippen LogP contribution is 2.47. The van der Waals surface area contributed by atoms with Crippen molar-refractivity contribution >= 4 is 11.9 Å². The van der Waals surface area contributed by atoms with Gasteiger partial charge in [0.15, 0.2) is 6.23 Å². The number of nitriles is 1. The van der Waals surface area contributed by atoms with Crippen LogP contribution in [0.2, 0.25) is 0 Å². The number of nitrogens with zero attached hydrogens (tertiary/aromatic N) is 4. The highest BCUT2D eigenvalue weighted by Gasteiger charge is 2.39. The SMILES string of the molecule is C=C/C=C\C1=C(C)C(C)(C)\C(=C(C#N)/C=C/C=C2\C(=O)N(C)C(=O)N(C)C2O)N1C. The number of likely N-dealkylation sites (N-methyl/N-ethyl adjacent to an activating group) is 3. The molecule has 0 aromatic carbocycles. The molecule has 1 fully saturated rings. The Morgan fingerprint density at radius 2 is 1.83 bits per heavy atom. The van der Waals surface area contributed by atoms with Gasteiger partial charge in [0.1, 0.15) is 6.07 Å². The summed E-state index contributed by atoms with van der Waals surface area (Å²) in [7, 11) is 4.68. The molecule has 2 aliphatic heterocycles. The first kappa shape index (κ1) is 22.9. The van der Waals surface area contributed by atoms with E-state index in [1.807, 2.05) is 31.0 Å². The lowest BCUT2D eigenvalue weighted by atomic mass is 9.82. The summed E-state index contributed by atoms with van der Waals surface area (Å²) in [6.45, 7) is 9.84. The first-order chi connectivity index (χ1) is 14.0. The van der Waals surface area contributed by atoms with Crippen LogP contribution in [-0.2, 0) is 4.79 Å². The molecular weight excluding hydrogens is 380 g/mol. The molecule has 2 rings (SSSR count). The molecule has 0 saturated carbocycles. The van der Waals surface area contributed by atoms with Gasteiger partial charge in [-0.2, -0.15) is 5.26 Å². The van der Waals surface area contributed by atoms with E-state index in [2.05, 4.69) is 26.5 Å². The molecule has 0 bridgehead atoms. The first-order valence-corrected chi connectivity index (χ1v) is 9.50. The number of urea groups is 1. The van der Waals surface area contributed by atoms with Gasteiger partial charge in [-0.05, 0) is 30.7 Å². The predicted molar refractivity (Wildman–Crippen MR) is 115 cm³/mol. The van der Waals surface area contributed by atoms with Crippen molar-refractivity contribution in [2.45, 2.75) is 27.0 Å². The van der Waals surface area contributed by atoms with Crippen LogP contribution in [0.5, 0.6) is 0 Å². The van der Waals surface area contributed by atoms with Crippen molar-refractivity contribution in [2.75, 3.05) is 21.1 Å². The Labute approximate surface area is 177 Å². The molecule has 7 heteroatoms. The summed E-state index contributed by atoms with van der Waals surface area (Å²) in [6.07, 6.45) is 8.77. The van der Waals surface area contributed by atoms with Gasteiger partial charge in [-0.3, -0.25) is 14.6 Å². The van der Waals surface area contributed by atoms with Gasteiger partial charge in [0, 0.05) is 38.0 Å². The Bertz CT molecular complexity index is 973. The summed E-state index contributed by atoms with van der Waals surface area (Å²) in [5.41, 5.74) is 3.08. The zero-order valence-electron chi connectivity index (χ0n) is 18.3. The minimum absolute atomic E-state index is 0.0566. The minimum atomic E-state index is -1.34. The maximum Gasteiger partial charge on any atom is 0.328 e. The minimum Gasteiger partial charge on any atom is -0.369 e. The van der Waals surface area contributed by atoms with E-state index < -0.39 is 18.2 Å². The van der Waals surface area contributed by atoms with E-state index in [0.717, 1.165) is 26.8 Å². The normalized spacial score (nSPS) is 25.2. The Hall–Kier alpha value is -3.37. The molecule has 2 heterocycles. The molecule has 30 heavy (non-hydrogen) atoms. The third-order valence-corrected chi connectivity index (χ3v) is 5.70. The van der Waals surface area contributed by atoms with Crippen molar-refractivity contribution in [3.63, 3.8) is 0 Å². The molecule has 3 amide bonds. The van der Waals surface area contributed by atoms with E-state index >= 15 is 0 Å². The van der Waals surface area contributed by atoms with Crippen molar-refractivity contribution in [1.29, 1.82) is 5.26 Å². The summed E-state index contributed by atoms with van der Waals surface area (Å²) in [5.74, 6) is -0.575. The van der Waals surface area contributed by atoms with Gasteiger partial charge in [0.05, 0.1) is 11.1 Å². The fourth-order valence-electron chi connectivity index (χ4n) is 3.72. The largest absolute Gasteiger partial charge is 0.369 e. The summed E-state index contributed by atoms with van der Waals surface area (Å²) < 4.78 is 0. The average Bonchev–Trinajstić information content (AvgIpc) is 2.88. The number of imide groups is 1. The molecular formula is C23H28N4O3. The highest BCUT2D eigenvalue weighted by molar-refractivity contribution is 6.07. The lowest BCUT2D eigenvalue weighted by molar-refractivity contribution is -0.128. The quantitative estimate of drug-likeness (QED) is 0.439. The maximum atomic E-state index is 12.3. The number of rotatable bonds is 4. The molecule has 1 atom stereocenters. The van der Waals surface area contributed by atoms with E-state index in [0.29, 0.717) is 5.57 Å². The van der Waals surface area contributed by atoms with Crippen LogP contribution in [-0.4, -0.2) is 59.1 Å². The van der Waals surface area contributed by atoms with E-state index in [1.165, 1.54) is 20.2 Å². The van der Waals surface area contributed by atoms with Gasteiger partial charge < -0.3 is 10.0 Å². The van der Waals surface area contributed by atoms with Crippen LogP contribution in [0, 0.1) is 16.7 Å². The standard InChI is InChI=1S/C23H28N4O3/c1-8-9-13-18-15(2)23(3,4)19(25(18)5)16(14-24)11-10-12-17-20(28)26(6)22(30)27(7)21(17)29/h8-13,20,28H,1H2,2-7H3/b11-10+,13-9-,17-12-,19-16-. The van der Waals surface area contributed by atoms with Crippen molar-refractivity contribution < 1.29 is 14.7 Å². The second-order valence-electron chi connectivity index (χ2n) is 7.78. The number of aliphatic hydroxyl groups is 1. The van der Waals surface area contributed by atoms with E-state index in [4.69, 9.17) is 0 Å². The van der Waals surface area contributed by atoms with E-state index in [9.17, 15) is 20.0 Å². The van der Waals surface area contributed by atoms with Crippen LogP contribution < -0.4 is 0 Å². The van der Waals surface area contributed by atoms with Crippen LogP contribution in [0.4, 0.5) is 4.79 Å². The van der Waals surface area contributed by atoms with Gasteiger partial charge in [-0.1, -0.05) is 38.7 Å². The first-order valence-electron chi connectivity index (χ1n) is 9.50. The molecule has 0 radical (unpaired) electrons. The van der Waals surface area contributed by atoms with Gasteiger partial charge in [0.25, 0.3) is 5.91 Å². The second-order valence-corrected chi connectivity index (χ2v) is 7.78. The summed E-state index contributed by atoms with van der Waals surface area (Å²) >= 11 is 0. The van der Waals surface area contributed by atoms with Crippen molar-refractivity contribution in [1.82, 2.24) is 14.7 Å². The number of aliphatic hydroxyl groups excluding tert-OH is 1. The van der Waals surface area contributed by atoms with Gasteiger partial charge >= 0.3 is 6.03 Å². The van der Waals surface area contributed by atoms with E-state index in [-0.39, 0.29) is 11.0 Å². The van der Waals surface area contributed by atoms with Crippen LogP contribution in [0.3, 0.4) is 0 Å². The lowest BCUT2D eigenvalue weighted by Crippen LogP contribution is -2.55. The smallest absolute Gasteiger partial charge is 0.328 e. The fraction of sp³-hybridized carbons (Fsp3) is 0.348. The van der Waals surface area contributed by atoms with Crippen LogP contribution in [0.25, 0.3) is 0 Å². The Morgan fingerprint density at radius 3 is 2.40 bits per heavy atom. The zero-order valence-corrected chi connectivity index (χ0v) is 18.3. The molecule has 1 saturated heterocycles. The van der Waals surface area contributed by atoms with Crippen molar-refractivity contribution in [2.24, 2.45) is 5.41 Å². The van der Waals surface area contributed by atoms with Gasteiger partial charge in [-0.15, -0.1) is 0 Å². The fourth-order valence-corrected chi connectivity index (χ4v) is 3.72. The number of hydrogen-bond donors (Lipinski definition) is 1. The van der Waals surface area contributed by atoms with Gasteiger partial charge in [-0.25, -0.2) is 4.79 Å². The molecule has 7 nitrogen and oxygen atoms in total. The van der Waals surface area contributed by atoms with Crippen molar-refractivity contribution in [3.8, 4) is 6.07 Å². The summed E-state index contributed by atoms with van der Waals surface area (Å²) in [4.78, 5) is 28.2. The topological polar surface area (TPSA) is 87.9 Å². The third kappa shape index (κ3) is 3.74. The third-order valence-electron chi connectivity index (χ3n) is 5.70. The lowest BCUT2D eigenvalue weighted by Gasteiger charge is -2.34. The Morgan fingerprint density at radius 1 is 1.20 bits per heavy atom. The van der Waals surface area contributed by atoms with Crippen LogP contribution >= 0.6 is 0 Å². The maximum absolute atomic E-state index is 12.3. The zero-order chi connectivity index (χ0) is 22.8. The predicted octanol–water partition coefficient (Wildman–Crippen LogP) is 3.08. The van der Waals surface area contributed by atoms with Crippen molar-refractivity contribution in [3.05, 3.63) is 71.1 Å². The number of amides is 3. The van der Waals surface area contributed by atoms with Gasteiger partial charge in [0.2, 0.25) is 0 Å². The monoisotopic (exact) mass is 408 g/mol. The molecule has 1 unspecified atom stereocenters. The molecule has 0 spiro atoms. The molecule has 0 aromatic rings. The Kier molecular flexibility index (Phi) is 6.53. The highest BCUT2D eigenvalue weighted by atomic mass is 16.3. The average molecular weight is 409 g/mol. The van der Waals surface area contributed by atoms with Crippen LogP contribution in [0.15, 0.2) is 71.1 Å². The van der Waals surface area contributed by atoms with Crippen LogP contribution in [0.1, 0.15) is 20.8 Å². The summed E-state index contributed by atoms with van der Waals surface area (Å²) in [6, 6.07) is 1.66.